The molecule has 0 aromatic rings. The smallest absolute Gasteiger partial charge is 0.350 e. The fraction of sp³-hybridized carbons (Fsp3) is 0.833. The number of aliphatic hydroxyl groups is 2. The second-order valence-electron chi connectivity index (χ2n) is 30.3. The molecule has 0 radical (unpaired) electrons. The molecule has 0 spiro atoms. The molecule has 14 atom stereocenters. The second kappa shape index (κ2) is 34.2. The van der Waals surface area contributed by atoms with Gasteiger partial charge in [-0.15, -0.1) is 0 Å². The Hall–Kier alpha value is -6.52. The van der Waals surface area contributed by atoms with Gasteiger partial charge in [0.25, 0.3) is 0 Å². The van der Waals surface area contributed by atoms with Crippen LogP contribution in [0.5, 0.6) is 0 Å². The van der Waals surface area contributed by atoms with Crippen LogP contribution in [-0.2, 0) is 124 Å². The fourth-order valence-corrected chi connectivity index (χ4v) is 16.6. The summed E-state index contributed by atoms with van der Waals surface area (Å²) in [5, 5.41) is 19.7. The average Bonchev–Trinajstić information content (AvgIpc) is 1.16. The minimum absolute atomic E-state index is 0.00127. The molecule has 28 heteroatoms. The van der Waals surface area contributed by atoms with Crippen LogP contribution < -0.4 is 0 Å². The third kappa shape index (κ3) is 21.8. The van der Waals surface area contributed by atoms with Gasteiger partial charge in [0.15, 0.2) is 0 Å². The predicted molar refractivity (Wildman–Crippen MR) is 347 cm³/mol. The van der Waals surface area contributed by atoms with Crippen LogP contribution in [-0.4, -0.2) is 178 Å². The van der Waals surface area contributed by atoms with Crippen LogP contribution in [0.15, 0.2) is 0 Å². The first-order chi connectivity index (χ1) is 46.5. The molecule has 0 aromatic carbocycles. The molecule has 8 saturated carbocycles. The van der Waals surface area contributed by atoms with Gasteiger partial charge in [-0.05, 0) is 164 Å². The molecule has 8 bridgehead atoms. The van der Waals surface area contributed by atoms with Crippen LogP contribution in [0.3, 0.4) is 0 Å². The van der Waals surface area contributed by atoms with E-state index in [-0.39, 0.29) is 101 Å². The van der Waals surface area contributed by atoms with Gasteiger partial charge in [0, 0.05) is 111 Å². The molecule has 14 fully saturated rings. The summed E-state index contributed by atoms with van der Waals surface area (Å²) in [6.07, 6.45) is 17.5. The second-order valence-corrected chi connectivity index (χ2v) is 30.3. The van der Waals surface area contributed by atoms with E-state index >= 15 is 0 Å². The van der Waals surface area contributed by atoms with Gasteiger partial charge in [0.05, 0.1) is 50.0 Å². The SMILES string of the molecule is CC(=O)OC1(C)C2CC3C(=O)OC1C3C2.CC(=O)OC1(C)C2CC3CC1CC(O)(C3)C2.CC(=O)OC1(C)CCC(O)CC1.CC(=O)OC1(C)CCC2CC1(C)OC2=O.CC(=O)OC1(C)CCCOC1=O.CC(=O)OC1(C)CCOC1=O.CC(=O)OC1CCCCO1.CC(=O)OC1CCCO1. The Kier molecular flexibility index (Phi) is 28.2. The maximum atomic E-state index is 11.5. The molecular formula is C72H110O28. The van der Waals surface area contributed by atoms with Crippen molar-refractivity contribution < 1.29 is 134 Å². The molecule has 28 nitrogen and oxygen atoms in total. The number of esters is 12. The van der Waals surface area contributed by atoms with E-state index in [1.165, 1.54) is 55.4 Å². The Morgan fingerprint density at radius 2 is 0.950 bits per heavy atom. The van der Waals surface area contributed by atoms with Crippen molar-refractivity contribution in [3.63, 3.8) is 0 Å². The van der Waals surface area contributed by atoms with Gasteiger partial charge in [0.1, 0.15) is 34.1 Å². The lowest BCUT2D eigenvalue weighted by Gasteiger charge is -2.61. The Balaban J connectivity index is 0.000000181. The first-order valence-corrected chi connectivity index (χ1v) is 35.4. The Morgan fingerprint density at radius 1 is 0.450 bits per heavy atom. The van der Waals surface area contributed by atoms with Crippen molar-refractivity contribution in [2.45, 2.75) is 315 Å². The maximum absolute atomic E-state index is 11.5. The highest BCUT2D eigenvalue weighted by Crippen LogP contribution is 2.62. The van der Waals surface area contributed by atoms with Crippen molar-refractivity contribution in [1.29, 1.82) is 0 Å². The minimum Gasteiger partial charge on any atom is -0.463 e. The normalized spacial score (nSPS) is 38.9. The van der Waals surface area contributed by atoms with E-state index in [1.807, 2.05) is 27.7 Å². The van der Waals surface area contributed by atoms with E-state index in [0.29, 0.717) is 62.6 Å². The lowest BCUT2D eigenvalue weighted by molar-refractivity contribution is -0.234. The quantitative estimate of drug-likeness (QED) is 0.171. The summed E-state index contributed by atoms with van der Waals surface area (Å²) in [6.45, 7) is 26.0. The highest BCUT2D eigenvalue weighted by atomic mass is 16.7. The van der Waals surface area contributed by atoms with Crippen molar-refractivity contribution in [2.75, 3.05) is 26.4 Å². The largest absolute Gasteiger partial charge is 0.463 e. The number of carbonyl (C=O) groups is 12. The molecule has 0 aromatic heterocycles. The zero-order chi connectivity index (χ0) is 74.6. The van der Waals surface area contributed by atoms with Crippen LogP contribution in [0, 0.1) is 41.4 Å². The van der Waals surface area contributed by atoms with E-state index in [2.05, 4.69) is 11.7 Å². The molecule has 100 heavy (non-hydrogen) atoms. The van der Waals surface area contributed by atoms with Gasteiger partial charge in [-0.25, -0.2) is 9.59 Å². The van der Waals surface area contributed by atoms with Crippen LogP contribution in [0.4, 0.5) is 0 Å². The minimum atomic E-state index is -1.05. The van der Waals surface area contributed by atoms with Gasteiger partial charge in [-0.3, -0.25) is 47.9 Å². The van der Waals surface area contributed by atoms with Crippen LogP contribution in [0.2, 0.25) is 0 Å². The fourth-order valence-electron chi connectivity index (χ4n) is 16.6. The van der Waals surface area contributed by atoms with Crippen LogP contribution in [0.1, 0.15) is 245 Å². The molecule has 6 heterocycles. The average molecular weight is 1420 g/mol. The molecule has 0 amide bonds. The van der Waals surface area contributed by atoms with Crippen molar-refractivity contribution in [3.8, 4) is 0 Å². The zero-order valence-electron chi connectivity index (χ0n) is 61.2. The first kappa shape index (κ1) is 82.4. The van der Waals surface area contributed by atoms with Crippen molar-refractivity contribution in [1.82, 2.24) is 0 Å². The number of rotatable bonds is 8. The molecule has 6 saturated heterocycles. The topological polar surface area (TPSA) is 375 Å². The molecule has 566 valence electrons. The molecular weight excluding hydrogens is 1310 g/mol. The zero-order valence-corrected chi connectivity index (χ0v) is 61.2. The number of carbonyl (C=O) groups excluding carboxylic acids is 12. The summed E-state index contributed by atoms with van der Waals surface area (Å²) < 4.78 is 71.1. The molecule has 6 aliphatic heterocycles. The molecule has 8 aliphatic carbocycles. The lowest BCUT2D eigenvalue weighted by Crippen LogP contribution is -2.63. The van der Waals surface area contributed by atoms with Crippen molar-refractivity contribution in [3.05, 3.63) is 0 Å². The number of fused-ring (bicyclic) bond motifs is 3. The van der Waals surface area contributed by atoms with Gasteiger partial charge < -0.3 is 76.5 Å². The highest BCUT2D eigenvalue weighted by Gasteiger charge is 2.69. The number of cyclic esters (lactones) is 2. The number of aliphatic hydroxyl groups excluding tert-OH is 1. The first-order valence-electron chi connectivity index (χ1n) is 35.4. The van der Waals surface area contributed by atoms with Gasteiger partial charge >= 0.3 is 71.6 Å². The van der Waals surface area contributed by atoms with Gasteiger partial charge in [0.2, 0.25) is 23.8 Å². The van der Waals surface area contributed by atoms with E-state index in [1.54, 1.807) is 13.8 Å². The van der Waals surface area contributed by atoms with Crippen LogP contribution in [0.25, 0.3) is 0 Å². The highest BCUT2D eigenvalue weighted by molar-refractivity contribution is 5.84. The van der Waals surface area contributed by atoms with Crippen molar-refractivity contribution in [2.24, 2.45) is 41.4 Å². The summed E-state index contributed by atoms with van der Waals surface area (Å²) in [5.74, 6) is -1.51. The lowest BCUT2D eigenvalue weighted by atomic mass is 9.48. The third-order valence-corrected chi connectivity index (χ3v) is 21.6. The summed E-state index contributed by atoms with van der Waals surface area (Å²) in [5.41, 5.74) is -5.05. The van der Waals surface area contributed by atoms with E-state index in [4.69, 9.17) is 61.6 Å². The number of ether oxygens (including phenoxy) is 14. The maximum Gasteiger partial charge on any atom is 0.350 e. The summed E-state index contributed by atoms with van der Waals surface area (Å²) >= 11 is 0. The molecule has 14 aliphatic rings. The number of hydrogen-bond acceptors (Lipinski definition) is 28. The number of hydrogen-bond donors (Lipinski definition) is 2. The van der Waals surface area contributed by atoms with Crippen molar-refractivity contribution >= 4 is 71.6 Å². The standard InChI is InChI=1S/C13H20O3.C11H14O4.C11H16O4.C9H16O3.C8H12O4.C7H10O4.C7H12O3.C6H10O3/c1-8(14)16-12(2)10-3-9-4-11(12)7-13(15,5-9)6-10;1-5(12)15-11(2)6-3-7-8(4-6)10(13)14-9(7)11;1-7(12)14-10(2)5-4-8-6-11(10,3)15-9(8)13;1-7(10)12-9(2)5-3-8(11)4-6-9;1-6(9)12-8(2)4-3-5-11-7(8)10;1-5(8)11-7(2)3-4-10-6(7)9;1-6(8)10-7-4-2-3-5-9-7;1-5(7)9-6-3-2-4-8-6/h9-11,15H,3-7H2,1-2H3;6-9H,3-4H2,1-2H3;8H,4-6H2,1-3H3;8,11H,3-6H2,1-2H3;3-5H2,1-2H3;3-4H2,1-2H3;7H,2-5H2,1H3;6H,2-4H2,1H3. The summed E-state index contributed by atoms with van der Waals surface area (Å²) in [4.78, 5) is 131. The van der Waals surface area contributed by atoms with Gasteiger partial charge in [-0.1, -0.05) is 0 Å². The molecule has 14 unspecified atom stereocenters. The third-order valence-electron chi connectivity index (χ3n) is 21.6. The van der Waals surface area contributed by atoms with E-state index in [0.717, 1.165) is 129 Å². The van der Waals surface area contributed by atoms with E-state index < -0.39 is 57.5 Å². The molecule has 2 N–H and O–H groups in total. The summed E-state index contributed by atoms with van der Waals surface area (Å²) in [6, 6.07) is 0. The molecule has 14 rings (SSSR count). The Morgan fingerprint density at radius 3 is 1.40 bits per heavy atom. The monoisotopic (exact) mass is 1420 g/mol. The summed E-state index contributed by atoms with van der Waals surface area (Å²) in [7, 11) is 0. The van der Waals surface area contributed by atoms with E-state index in [9.17, 15) is 67.7 Å². The predicted octanol–water partition coefficient (Wildman–Crippen LogP) is 8.10. The van der Waals surface area contributed by atoms with Gasteiger partial charge in [-0.2, -0.15) is 0 Å². The Labute approximate surface area is 586 Å². The van der Waals surface area contributed by atoms with Crippen LogP contribution >= 0.6 is 0 Å². The Bertz CT molecular complexity index is 2910.